The van der Waals surface area contributed by atoms with E-state index in [0.717, 1.165) is 57.7 Å². The molecule has 30 heavy (non-hydrogen) atoms. The largest absolute Gasteiger partial charge is 0.473 e. The number of anilines is 2. The van der Waals surface area contributed by atoms with E-state index in [-0.39, 0.29) is 6.10 Å². The molecule has 3 aromatic heterocycles. The molecule has 11 heteroatoms. The average molecular weight is 413 g/mol. The minimum atomic E-state index is 0.126. The number of nitrogens with one attached hydrogen (secondary N) is 1. The van der Waals surface area contributed by atoms with Crippen LogP contribution in [0.5, 0.6) is 5.88 Å². The summed E-state index contributed by atoms with van der Waals surface area (Å²) in [6, 6.07) is 0.625. The zero-order chi connectivity index (χ0) is 20.5. The molecule has 2 aliphatic rings. The van der Waals surface area contributed by atoms with Crippen LogP contribution < -0.4 is 10.1 Å². The first-order chi connectivity index (χ1) is 14.7. The van der Waals surface area contributed by atoms with Crippen molar-refractivity contribution in [3.05, 3.63) is 12.4 Å². The fourth-order valence-corrected chi connectivity index (χ4v) is 4.31. The zero-order valence-electron chi connectivity index (χ0n) is 17.4. The molecule has 0 aromatic carbocycles. The van der Waals surface area contributed by atoms with Gasteiger partial charge in [-0.15, -0.1) is 5.10 Å². The third-order valence-corrected chi connectivity index (χ3v) is 5.88. The summed E-state index contributed by atoms with van der Waals surface area (Å²) >= 11 is 0. The maximum Gasteiger partial charge on any atom is 0.247 e. The van der Waals surface area contributed by atoms with Crippen molar-refractivity contribution in [2.75, 3.05) is 31.6 Å². The Morgan fingerprint density at radius 1 is 1.10 bits per heavy atom. The molecule has 0 bridgehead atoms. The summed E-state index contributed by atoms with van der Waals surface area (Å²) in [5.74, 6) is 0.946. The van der Waals surface area contributed by atoms with E-state index >= 15 is 0 Å². The van der Waals surface area contributed by atoms with E-state index in [1.807, 2.05) is 20.3 Å². The molecule has 1 aliphatic carbocycles. The first kappa shape index (κ1) is 19.2. The summed E-state index contributed by atoms with van der Waals surface area (Å²) < 4.78 is 15.2. The molecule has 4 heterocycles. The molecule has 5 rings (SSSR count). The molecule has 0 atom stereocenters. The van der Waals surface area contributed by atoms with E-state index in [0.29, 0.717) is 29.0 Å². The van der Waals surface area contributed by atoms with E-state index in [4.69, 9.17) is 9.47 Å². The summed E-state index contributed by atoms with van der Waals surface area (Å²) in [5.41, 5.74) is 2.02. The molecule has 1 saturated heterocycles. The van der Waals surface area contributed by atoms with Gasteiger partial charge in [0, 0.05) is 39.4 Å². The van der Waals surface area contributed by atoms with E-state index in [1.54, 1.807) is 15.6 Å². The number of rotatable bonds is 5. The molecule has 3 aromatic rings. The maximum atomic E-state index is 6.37. The van der Waals surface area contributed by atoms with Gasteiger partial charge in [0.05, 0.1) is 25.1 Å². The zero-order valence-corrected chi connectivity index (χ0v) is 17.4. The van der Waals surface area contributed by atoms with Crippen molar-refractivity contribution in [3.8, 4) is 5.88 Å². The van der Waals surface area contributed by atoms with Crippen LogP contribution in [-0.4, -0.2) is 78.1 Å². The Morgan fingerprint density at radius 3 is 2.63 bits per heavy atom. The predicted molar refractivity (Wildman–Crippen MR) is 110 cm³/mol. The highest BCUT2D eigenvalue weighted by atomic mass is 16.5. The molecule has 1 aliphatic heterocycles. The minimum Gasteiger partial charge on any atom is -0.473 e. The normalized spacial score (nSPS) is 23.0. The fraction of sp³-hybridized carbons (Fsp3) is 0.632. The second kappa shape index (κ2) is 8.15. The highest BCUT2D eigenvalue weighted by Crippen LogP contribution is 2.30. The van der Waals surface area contributed by atoms with Crippen LogP contribution in [0, 0.1) is 0 Å². The van der Waals surface area contributed by atoms with E-state index in [1.165, 1.54) is 0 Å². The first-order valence-electron chi connectivity index (χ1n) is 10.5. The summed E-state index contributed by atoms with van der Waals surface area (Å²) in [5, 5.41) is 15.6. The highest BCUT2D eigenvalue weighted by molar-refractivity contribution is 5.77. The van der Waals surface area contributed by atoms with Crippen LogP contribution in [0.15, 0.2) is 12.4 Å². The van der Waals surface area contributed by atoms with Crippen molar-refractivity contribution in [2.45, 2.75) is 37.8 Å². The Hall–Kier alpha value is -2.79. The third-order valence-electron chi connectivity index (χ3n) is 5.88. The molecular formula is C19H27N9O2. The quantitative estimate of drug-likeness (QED) is 0.661. The van der Waals surface area contributed by atoms with Gasteiger partial charge >= 0.3 is 0 Å². The molecule has 1 saturated carbocycles. The number of aromatic nitrogens is 7. The lowest BCUT2D eigenvalue weighted by Crippen LogP contribution is -2.46. The third kappa shape index (κ3) is 3.94. The molecule has 0 spiro atoms. The van der Waals surface area contributed by atoms with Gasteiger partial charge in [0.1, 0.15) is 6.10 Å². The topological polar surface area (TPSA) is 108 Å². The number of morpholine rings is 1. The Balaban J connectivity index is 1.31. The second-order valence-corrected chi connectivity index (χ2v) is 7.96. The van der Waals surface area contributed by atoms with Crippen molar-refractivity contribution >= 4 is 22.8 Å². The van der Waals surface area contributed by atoms with Crippen LogP contribution in [0.3, 0.4) is 0 Å². The van der Waals surface area contributed by atoms with Crippen molar-refractivity contribution < 1.29 is 9.47 Å². The van der Waals surface area contributed by atoms with Gasteiger partial charge in [-0.05, 0) is 25.7 Å². The SMILES string of the molecule is Cn1cc(Nc2nc(O[C@H]3CC[C@H](N4CCOCC4)CC3)c3c(nnn3C)n2)cn1. The molecular weight excluding hydrogens is 386 g/mol. The number of hydrogen-bond acceptors (Lipinski definition) is 9. The second-order valence-electron chi connectivity index (χ2n) is 7.96. The monoisotopic (exact) mass is 413 g/mol. The van der Waals surface area contributed by atoms with Crippen LogP contribution >= 0.6 is 0 Å². The Morgan fingerprint density at radius 2 is 1.90 bits per heavy atom. The van der Waals surface area contributed by atoms with Crippen molar-refractivity contribution in [3.63, 3.8) is 0 Å². The Labute approximate surface area is 174 Å². The summed E-state index contributed by atoms with van der Waals surface area (Å²) in [7, 11) is 3.69. The number of nitrogens with zero attached hydrogens (tertiary/aromatic N) is 8. The van der Waals surface area contributed by atoms with Crippen LogP contribution in [0.4, 0.5) is 11.6 Å². The molecule has 0 radical (unpaired) electrons. The maximum absolute atomic E-state index is 6.37. The van der Waals surface area contributed by atoms with Crippen LogP contribution in [0.2, 0.25) is 0 Å². The van der Waals surface area contributed by atoms with Gasteiger partial charge in [0.25, 0.3) is 0 Å². The van der Waals surface area contributed by atoms with Crippen molar-refractivity contribution in [1.29, 1.82) is 0 Å². The highest BCUT2D eigenvalue weighted by Gasteiger charge is 2.29. The number of fused-ring (bicyclic) bond motifs is 1. The van der Waals surface area contributed by atoms with E-state index < -0.39 is 0 Å². The fourth-order valence-electron chi connectivity index (χ4n) is 4.31. The van der Waals surface area contributed by atoms with Crippen LogP contribution in [0.25, 0.3) is 11.2 Å². The Kier molecular flexibility index (Phi) is 5.21. The summed E-state index contributed by atoms with van der Waals surface area (Å²) in [6.07, 6.45) is 7.97. The lowest BCUT2D eigenvalue weighted by molar-refractivity contribution is -0.00127. The van der Waals surface area contributed by atoms with Gasteiger partial charge in [-0.2, -0.15) is 15.1 Å². The number of hydrogen-bond donors (Lipinski definition) is 1. The predicted octanol–water partition coefficient (Wildman–Crippen LogP) is 1.26. The molecule has 11 nitrogen and oxygen atoms in total. The van der Waals surface area contributed by atoms with Gasteiger partial charge in [-0.3, -0.25) is 9.58 Å². The van der Waals surface area contributed by atoms with Gasteiger partial charge < -0.3 is 14.8 Å². The lowest BCUT2D eigenvalue weighted by Gasteiger charge is -2.38. The number of aryl methyl sites for hydroxylation is 2. The summed E-state index contributed by atoms with van der Waals surface area (Å²) in [4.78, 5) is 11.7. The smallest absolute Gasteiger partial charge is 0.247 e. The standard InChI is InChI=1S/C19H27N9O2/c1-26-12-13(11-20-26)21-19-22-17-16(27(2)25-24-17)18(23-19)30-15-5-3-14(4-6-15)28-7-9-29-10-8-28/h11-12,14-15H,3-10H2,1-2H3,(H,21,22,23)/t14-,15-. The van der Waals surface area contributed by atoms with Gasteiger partial charge in [-0.25, -0.2) is 4.68 Å². The molecule has 160 valence electrons. The minimum absolute atomic E-state index is 0.126. The molecule has 0 amide bonds. The summed E-state index contributed by atoms with van der Waals surface area (Å²) in [6.45, 7) is 3.75. The lowest BCUT2D eigenvalue weighted by atomic mass is 9.91. The number of ether oxygens (including phenoxy) is 2. The van der Waals surface area contributed by atoms with Crippen molar-refractivity contribution in [1.82, 2.24) is 39.6 Å². The molecule has 0 unspecified atom stereocenters. The van der Waals surface area contributed by atoms with Gasteiger partial charge in [-0.1, -0.05) is 5.21 Å². The van der Waals surface area contributed by atoms with E-state index in [9.17, 15) is 0 Å². The first-order valence-corrected chi connectivity index (χ1v) is 10.5. The molecule has 1 N–H and O–H groups in total. The van der Waals surface area contributed by atoms with Crippen LogP contribution in [-0.2, 0) is 18.8 Å². The van der Waals surface area contributed by atoms with E-state index in [2.05, 4.69) is 35.6 Å². The van der Waals surface area contributed by atoms with Gasteiger partial charge in [0.2, 0.25) is 17.5 Å². The Bertz CT molecular complexity index is 1000. The average Bonchev–Trinajstić information content (AvgIpc) is 3.34. The molecule has 2 fully saturated rings. The van der Waals surface area contributed by atoms with Crippen LogP contribution in [0.1, 0.15) is 25.7 Å². The van der Waals surface area contributed by atoms with Gasteiger partial charge in [0.15, 0.2) is 5.52 Å². The van der Waals surface area contributed by atoms with Crippen molar-refractivity contribution in [2.24, 2.45) is 14.1 Å².